The molecule has 1 atom stereocenters. The van der Waals surface area contributed by atoms with Crippen LogP contribution in [0.5, 0.6) is 0 Å². The van der Waals surface area contributed by atoms with Gasteiger partial charge in [0.2, 0.25) is 0 Å². The van der Waals surface area contributed by atoms with Gasteiger partial charge in [-0.3, -0.25) is 4.79 Å². The molecule has 0 saturated carbocycles. The van der Waals surface area contributed by atoms with Crippen LogP contribution in [-0.4, -0.2) is 31.5 Å². The lowest BCUT2D eigenvalue weighted by molar-refractivity contribution is -0.157. The predicted molar refractivity (Wildman–Crippen MR) is 77.9 cm³/mol. The third-order valence-corrected chi connectivity index (χ3v) is 3.78. The number of hydrogen-bond donors (Lipinski definition) is 1. The van der Waals surface area contributed by atoms with Crippen LogP contribution in [-0.2, 0) is 26.0 Å². The molecule has 0 aliphatic rings. The number of alkyl halides is 3. The number of halogens is 3. The Morgan fingerprint density at radius 2 is 1.70 bits per heavy atom. The lowest BCUT2D eigenvalue weighted by atomic mass is 10.1. The first-order valence-corrected chi connectivity index (χ1v) is 8.15. The van der Waals surface area contributed by atoms with Gasteiger partial charge in [0.1, 0.15) is 11.6 Å². The highest BCUT2D eigenvalue weighted by Gasteiger charge is 2.48. The monoisotopic (exact) mass is 353 g/mol. The van der Waals surface area contributed by atoms with Crippen molar-refractivity contribution < 1.29 is 31.1 Å². The quantitative estimate of drug-likeness (QED) is 0.825. The summed E-state index contributed by atoms with van der Waals surface area (Å²) in [5.41, 5.74) is -5.98. The Labute approximate surface area is 132 Å². The molecule has 9 heteroatoms. The Morgan fingerprint density at radius 3 is 2.13 bits per heavy atom. The van der Waals surface area contributed by atoms with E-state index in [1.807, 2.05) is 0 Å². The zero-order valence-corrected chi connectivity index (χ0v) is 13.7. The summed E-state index contributed by atoms with van der Waals surface area (Å²) in [7, 11) is -5.67. The minimum absolute atomic E-state index is 0.259. The Kier molecular flexibility index (Phi) is 5.81. The van der Waals surface area contributed by atoms with Crippen LogP contribution in [0.2, 0.25) is 0 Å². The summed E-state index contributed by atoms with van der Waals surface area (Å²) in [4.78, 5) is 12.1. The van der Waals surface area contributed by atoms with Gasteiger partial charge >= 0.3 is 21.5 Å². The van der Waals surface area contributed by atoms with E-state index in [1.165, 1.54) is 25.5 Å². The van der Waals surface area contributed by atoms with E-state index in [9.17, 15) is 26.4 Å². The van der Waals surface area contributed by atoms with E-state index in [0.717, 1.165) is 0 Å². The number of rotatable bonds is 5. The van der Waals surface area contributed by atoms with E-state index in [0.29, 0.717) is 5.56 Å². The maximum atomic E-state index is 12.5. The molecule has 0 aliphatic heterocycles. The van der Waals surface area contributed by atoms with Crippen LogP contribution < -0.4 is 4.72 Å². The van der Waals surface area contributed by atoms with Crippen molar-refractivity contribution in [3.63, 3.8) is 0 Å². The topological polar surface area (TPSA) is 72.5 Å². The van der Waals surface area contributed by atoms with E-state index < -0.39 is 33.1 Å². The first-order valence-electron chi connectivity index (χ1n) is 6.67. The van der Waals surface area contributed by atoms with Gasteiger partial charge in [-0.25, -0.2) is 8.42 Å². The summed E-state index contributed by atoms with van der Waals surface area (Å²) >= 11 is 0. The molecular weight excluding hydrogens is 335 g/mol. The highest BCUT2D eigenvalue weighted by Crippen LogP contribution is 2.23. The van der Waals surface area contributed by atoms with Crippen molar-refractivity contribution in [3.8, 4) is 0 Å². The van der Waals surface area contributed by atoms with Gasteiger partial charge in [-0.1, -0.05) is 30.3 Å². The molecule has 0 fully saturated rings. The number of ether oxygens (including phenoxy) is 1. The first kappa shape index (κ1) is 19.4. The van der Waals surface area contributed by atoms with Gasteiger partial charge < -0.3 is 4.74 Å². The molecule has 1 aromatic carbocycles. The Hall–Kier alpha value is -1.61. The van der Waals surface area contributed by atoms with Crippen LogP contribution in [0.1, 0.15) is 26.3 Å². The van der Waals surface area contributed by atoms with Gasteiger partial charge in [-0.05, 0) is 32.8 Å². The van der Waals surface area contributed by atoms with Gasteiger partial charge in [-0.2, -0.15) is 17.9 Å². The molecule has 130 valence electrons. The molecule has 0 amide bonds. The standard InChI is InChI=1S/C14H18F3NO4S/c1-13(2,3)22-12(19)11(9-10-7-5-4-6-8-10)18-23(20,21)14(15,16)17/h4-8,11,18H,9H2,1-3H3/t11-/m0/s1. The van der Waals surface area contributed by atoms with Gasteiger partial charge in [0.25, 0.3) is 0 Å². The van der Waals surface area contributed by atoms with Gasteiger partial charge in [0.05, 0.1) is 0 Å². The fourth-order valence-electron chi connectivity index (χ4n) is 1.65. The maximum Gasteiger partial charge on any atom is 0.511 e. The third-order valence-electron chi connectivity index (χ3n) is 2.58. The summed E-state index contributed by atoms with van der Waals surface area (Å²) in [5, 5.41) is 0. The number of hydrogen-bond acceptors (Lipinski definition) is 4. The Balaban J connectivity index is 3.04. The van der Waals surface area contributed by atoms with Crippen molar-refractivity contribution in [2.45, 2.75) is 44.3 Å². The second kappa shape index (κ2) is 6.88. The van der Waals surface area contributed by atoms with Crippen LogP contribution in [0, 0.1) is 0 Å². The molecule has 0 heterocycles. The zero-order valence-electron chi connectivity index (χ0n) is 12.8. The highest BCUT2D eigenvalue weighted by molar-refractivity contribution is 7.90. The van der Waals surface area contributed by atoms with Crippen molar-refractivity contribution in [3.05, 3.63) is 35.9 Å². The molecule has 0 unspecified atom stereocenters. The van der Waals surface area contributed by atoms with E-state index in [1.54, 1.807) is 30.3 Å². The smallest absolute Gasteiger partial charge is 0.459 e. The van der Waals surface area contributed by atoms with Crippen molar-refractivity contribution in [1.82, 2.24) is 4.72 Å². The van der Waals surface area contributed by atoms with Gasteiger partial charge in [0, 0.05) is 0 Å². The van der Waals surface area contributed by atoms with Crippen molar-refractivity contribution in [2.75, 3.05) is 0 Å². The fraction of sp³-hybridized carbons (Fsp3) is 0.500. The summed E-state index contributed by atoms with van der Waals surface area (Å²) in [6.45, 7) is 4.59. The number of benzene rings is 1. The van der Waals surface area contributed by atoms with E-state index in [2.05, 4.69) is 0 Å². The number of sulfonamides is 1. The third kappa shape index (κ3) is 6.19. The van der Waals surface area contributed by atoms with Crippen LogP contribution in [0.3, 0.4) is 0 Å². The summed E-state index contributed by atoms with van der Waals surface area (Å²) < 4.78 is 66.5. The summed E-state index contributed by atoms with van der Waals surface area (Å²) in [5.74, 6) is -1.07. The molecule has 5 nitrogen and oxygen atoms in total. The minimum Gasteiger partial charge on any atom is -0.459 e. The molecule has 1 rings (SSSR count). The average molecular weight is 353 g/mol. The Bertz CT molecular complexity index is 636. The van der Waals surface area contributed by atoms with Gasteiger partial charge in [-0.15, -0.1) is 0 Å². The molecule has 0 aliphatic carbocycles. The normalized spacial score (nSPS) is 14.3. The average Bonchev–Trinajstić information content (AvgIpc) is 2.35. The summed E-state index contributed by atoms with van der Waals surface area (Å²) in [6, 6.07) is 6.40. The van der Waals surface area contributed by atoms with Crippen LogP contribution >= 0.6 is 0 Å². The number of nitrogens with one attached hydrogen (secondary N) is 1. The molecule has 1 aromatic rings. The minimum atomic E-state index is -5.67. The second-order valence-electron chi connectivity index (χ2n) is 5.84. The molecule has 1 N–H and O–H groups in total. The molecule has 0 bridgehead atoms. The SMILES string of the molecule is CC(C)(C)OC(=O)[C@H](Cc1ccccc1)NS(=O)(=O)C(F)(F)F. The Morgan fingerprint density at radius 1 is 1.17 bits per heavy atom. The molecular formula is C14H18F3NO4S. The summed E-state index contributed by atoms with van der Waals surface area (Å²) in [6.07, 6.45) is -0.259. The zero-order chi connectivity index (χ0) is 17.9. The van der Waals surface area contributed by atoms with E-state index in [4.69, 9.17) is 4.74 Å². The van der Waals surface area contributed by atoms with Crippen molar-refractivity contribution in [2.24, 2.45) is 0 Å². The van der Waals surface area contributed by atoms with Gasteiger partial charge in [0.15, 0.2) is 0 Å². The van der Waals surface area contributed by atoms with Crippen LogP contribution in [0.15, 0.2) is 30.3 Å². The molecule has 23 heavy (non-hydrogen) atoms. The molecule has 0 aromatic heterocycles. The van der Waals surface area contributed by atoms with Crippen molar-refractivity contribution >= 4 is 16.0 Å². The van der Waals surface area contributed by atoms with Crippen molar-refractivity contribution in [1.29, 1.82) is 0 Å². The van der Waals surface area contributed by atoms with E-state index in [-0.39, 0.29) is 6.42 Å². The second-order valence-corrected chi connectivity index (χ2v) is 7.55. The molecule has 0 radical (unpaired) electrons. The van der Waals surface area contributed by atoms with Crippen LogP contribution in [0.4, 0.5) is 13.2 Å². The maximum absolute atomic E-state index is 12.5. The highest BCUT2D eigenvalue weighted by atomic mass is 32.2. The predicted octanol–water partition coefficient (Wildman–Crippen LogP) is 2.38. The molecule has 0 saturated heterocycles. The lowest BCUT2D eigenvalue weighted by Crippen LogP contribution is -2.49. The van der Waals surface area contributed by atoms with E-state index >= 15 is 0 Å². The number of carbonyl (C=O) groups is 1. The number of carbonyl (C=O) groups excluding carboxylic acids is 1. The first-order chi connectivity index (χ1) is 10.3. The molecule has 0 spiro atoms. The number of esters is 1. The van der Waals surface area contributed by atoms with Crippen LogP contribution in [0.25, 0.3) is 0 Å². The largest absolute Gasteiger partial charge is 0.511 e. The fourth-order valence-corrected chi connectivity index (χ4v) is 2.34. The lowest BCUT2D eigenvalue weighted by Gasteiger charge is -2.24.